The molecule has 0 saturated heterocycles. The molecule has 0 fully saturated rings. The summed E-state index contributed by atoms with van der Waals surface area (Å²) in [5.41, 5.74) is 2.98. The van der Waals surface area contributed by atoms with Crippen molar-refractivity contribution >= 4 is 17.5 Å². The molecule has 0 aliphatic rings. The number of nitrogens with zero attached hydrogens (tertiary/aromatic N) is 1. The van der Waals surface area contributed by atoms with Gasteiger partial charge in [-0.15, -0.1) is 0 Å². The van der Waals surface area contributed by atoms with E-state index in [-0.39, 0.29) is 11.8 Å². The maximum Gasteiger partial charge on any atom is 0.255 e. The lowest BCUT2D eigenvalue weighted by molar-refractivity contribution is -0.119. The van der Waals surface area contributed by atoms with E-state index in [2.05, 4.69) is 15.6 Å². The SMILES string of the molecule is CC(=O)NCc1cc(C(=O)Nc2cccc(C)c2)ccn1. The third-order valence-corrected chi connectivity index (χ3v) is 2.87. The van der Waals surface area contributed by atoms with Crippen LogP contribution in [0, 0.1) is 6.92 Å². The molecule has 21 heavy (non-hydrogen) atoms. The van der Waals surface area contributed by atoms with Crippen molar-refractivity contribution in [3.8, 4) is 0 Å². The van der Waals surface area contributed by atoms with E-state index in [1.165, 1.54) is 6.92 Å². The average Bonchev–Trinajstić information content (AvgIpc) is 2.45. The normalized spacial score (nSPS) is 10.0. The summed E-state index contributed by atoms with van der Waals surface area (Å²) in [5.74, 6) is -0.335. The van der Waals surface area contributed by atoms with Crippen molar-refractivity contribution in [2.45, 2.75) is 20.4 Å². The molecule has 0 spiro atoms. The molecule has 1 heterocycles. The van der Waals surface area contributed by atoms with Crippen LogP contribution in [0.3, 0.4) is 0 Å². The predicted molar refractivity (Wildman–Crippen MR) is 80.9 cm³/mol. The fourth-order valence-electron chi connectivity index (χ4n) is 1.86. The van der Waals surface area contributed by atoms with Gasteiger partial charge in [0.2, 0.25) is 5.91 Å². The number of carbonyl (C=O) groups is 2. The van der Waals surface area contributed by atoms with Crippen LogP contribution in [0.2, 0.25) is 0 Å². The molecule has 0 unspecified atom stereocenters. The lowest BCUT2D eigenvalue weighted by Crippen LogP contribution is -2.20. The number of aryl methyl sites for hydroxylation is 1. The maximum absolute atomic E-state index is 12.2. The first kappa shape index (κ1) is 14.7. The third kappa shape index (κ3) is 4.42. The van der Waals surface area contributed by atoms with Crippen molar-refractivity contribution in [1.29, 1.82) is 0 Å². The van der Waals surface area contributed by atoms with Gasteiger partial charge in [0.25, 0.3) is 5.91 Å². The van der Waals surface area contributed by atoms with Gasteiger partial charge in [0.15, 0.2) is 0 Å². The number of anilines is 1. The van der Waals surface area contributed by atoms with E-state index in [1.54, 1.807) is 18.3 Å². The average molecular weight is 283 g/mol. The molecule has 5 heteroatoms. The lowest BCUT2D eigenvalue weighted by atomic mass is 10.2. The number of amides is 2. The topological polar surface area (TPSA) is 71.1 Å². The van der Waals surface area contributed by atoms with Crippen LogP contribution in [0.25, 0.3) is 0 Å². The van der Waals surface area contributed by atoms with E-state index in [0.717, 1.165) is 11.3 Å². The standard InChI is InChI=1S/C16H17N3O2/c1-11-4-3-5-14(8-11)19-16(21)13-6-7-17-15(9-13)10-18-12(2)20/h3-9H,10H2,1-2H3,(H,18,20)(H,19,21). The van der Waals surface area contributed by atoms with Gasteiger partial charge in [-0.05, 0) is 36.8 Å². The molecule has 0 aliphatic carbocycles. The number of hydrogen-bond donors (Lipinski definition) is 2. The number of rotatable bonds is 4. The second-order valence-electron chi connectivity index (χ2n) is 4.77. The van der Waals surface area contributed by atoms with Gasteiger partial charge in [0.1, 0.15) is 0 Å². The van der Waals surface area contributed by atoms with Gasteiger partial charge in [0.05, 0.1) is 12.2 Å². The number of pyridine rings is 1. The van der Waals surface area contributed by atoms with E-state index < -0.39 is 0 Å². The Labute approximate surface area is 123 Å². The maximum atomic E-state index is 12.2. The van der Waals surface area contributed by atoms with Gasteiger partial charge in [-0.25, -0.2) is 0 Å². The predicted octanol–water partition coefficient (Wildman–Crippen LogP) is 2.28. The number of hydrogen-bond acceptors (Lipinski definition) is 3. The van der Waals surface area contributed by atoms with Crippen LogP contribution in [-0.4, -0.2) is 16.8 Å². The van der Waals surface area contributed by atoms with Crippen LogP contribution in [0.5, 0.6) is 0 Å². The quantitative estimate of drug-likeness (QED) is 0.904. The minimum atomic E-state index is -0.202. The first-order valence-electron chi connectivity index (χ1n) is 6.62. The Morgan fingerprint density at radius 3 is 2.71 bits per heavy atom. The first-order chi connectivity index (χ1) is 10.0. The third-order valence-electron chi connectivity index (χ3n) is 2.87. The molecule has 1 aromatic heterocycles. The van der Waals surface area contributed by atoms with Crippen molar-refractivity contribution < 1.29 is 9.59 Å². The van der Waals surface area contributed by atoms with E-state index in [1.807, 2.05) is 31.2 Å². The van der Waals surface area contributed by atoms with Crippen LogP contribution >= 0.6 is 0 Å². The molecule has 2 rings (SSSR count). The Morgan fingerprint density at radius 1 is 1.19 bits per heavy atom. The van der Waals surface area contributed by atoms with Crippen molar-refractivity contribution in [1.82, 2.24) is 10.3 Å². The minimum absolute atomic E-state index is 0.133. The molecular weight excluding hydrogens is 266 g/mol. The van der Waals surface area contributed by atoms with Crippen LogP contribution in [0.15, 0.2) is 42.6 Å². The molecule has 0 radical (unpaired) electrons. The zero-order valence-electron chi connectivity index (χ0n) is 12.0. The van der Waals surface area contributed by atoms with Crippen molar-refractivity contribution in [3.05, 3.63) is 59.4 Å². The van der Waals surface area contributed by atoms with Gasteiger partial charge in [-0.3, -0.25) is 14.6 Å². The highest BCUT2D eigenvalue weighted by molar-refractivity contribution is 6.04. The van der Waals surface area contributed by atoms with Crippen molar-refractivity contribution in [3.63, 3.8) is 0 Å². The monoisotopic (exact) mass is 283 g/mol. The molecule has 0 bridgehead atoms. The molecule has 2 amide bonds. The summed E-state index contributed by atoms with van der Waals surface area (Å²) in [6.07, 6.45) is 1.56. The Kier molecular flexibility index (Phi) is 4.66. The number of nitrogens with one attached hydrogen (secondary N) is 2. The molecule has 0 saturated carbocycles. The fourth-order valence-corrected chi connectivity index (χ4v) is 1.86. The van der Waals surface area contributed by atoms with Crippen LogP contribution in [-0.2, 0) is 11.3 Å². The second-order valence-corrected chi connectivity index (χ2v) is 4.77. The number of carbonyl (C=O) groups excluding carboxylic acids is 2. The highest BCUT2D eigenvalue weighted by Gasteiger charge is 2.07. The first-order valence-corrected chi connectivity index (χ1v) is 6.62. The van der Waals surface area contributed by atoms with Crippen LogP contribution in [0.4, 0.5) is 5.69 Å². The highest BCUT2D eigenvalue weighted by Crippen LogP contribution is 2.12. The Hall–Kier alpha value is -2.69. The van der Waals surface area contributed by atoms with Crippen LogP contribution < -0.4 is 10.6 Å². The van der Waals surface area contributed by atoms with E-state index >= 15 is 0 Å². The van der Waals surface area contributed by atoms with Crippen LogP contribution in [0.1, 0.15) is 28.5 Å². The molecule has 0 aliphatic heterocycles. The van der Waals surface area contributed by atoms with Gasteiger partial charge in [0, 0.05) is 24.4 Å². The molecule has 2 aromatic rings. The second kappa shape index (κ2) is 6.65. The smallest absolute Gasteiger partial charge is 0.255 e. The molecule has 0 atom stereocenters. The summed E-state index contributed by atoms with van der Waals surface area (Å²) >= 11 is 0. The zero-order valence-corrected chi connectivity index (χ0v) is 12.0. The summed E-state index contributed by atoms with van der Waals surface area (Å²) < 4.78 is 0. The zero-order chi connectivity index (χ0) is 15.2. The number of aromatic nitrogens is 1. The molecule has 5 nitrogen and oxygen atoms in total. The summed E-state index contributed by atoms with van der Waals surface area (Å²) in [7, 11) is 0. The Balaban J connectivity index is 2.08. The van der Waals surface area contributed by atoms with E-state index in [0.29, 0.717) is 17.8 Å². The largest absolute Gasteiger partial charge is 0.351 e. The Morgan fingerprint density at radius 2 is 2.00 bits per heavy atom. The summed E-state index contributed by atoms with van der Waals surface area (Å²) in [6, 6.07) is 10.9. The van der Waals surface area contributed by atoms with E-state index in [9.17, 15) is 9.59 Å². The molecule has 2 N–H and O–H groups in total. The molecule has 108 valence electrons. The van der Waals surface area contributed by atoms with E-state index in [4.69, 9.17) is 0 Å². The van der Waals surface area contributed by atoms with Gasteiger partial charge in [-0.1, -0.05) is 12.1 Å². The van der Waals surface area contributed by atoms with Crippen molar-refractivity contribution in [2.24, 2.45) is 0 Å². The van der Waals surface area contributed by atoms with Gasteiger partial charge < -0.3 is 10.6 Å². The Bertz CT molecular complexity index is 668. The summed E-state index contributed by atoms with van der Waals surface area (Å²) in [5, 5.41) is 5.49. The molecular formula is C16H17N3O2. The summed E-state index contributed by atoms with van der Waals surface area (Å²) in [4.78, 5) is 27.2. The van der Waals surface area contributed by atoms with Gasteiger partial charge in [-0.2, -0.15) is 0 Å². The summed E-state index contributed by atoms with van der Waals surface area (Å²) in [6.45, 7) is 3.71. The lowest BCUT2D eigenvalue weighted by Gasteiger charge is -2.07. The minimum Gasteiger partial charge on any atom is -0.351 e. The fraction of sp³-hybridized carbons (Fsp3) is 0.188. The number of benzene rings is 1. The molecule has 1 aromatic carbocycles. The highest BCUT2D eigenvalue weighted by atomic mass is 16.2. The van der Waals surface area contributed by atoms with Crippen molar-refractivity contribution in [2.75, 3.05) is 5.32 Å². The van der Waals surface area contributed by atoms with Gasteiger partial charge >= 0.3 is 0 Å².